The highest BCUT2D eigenvalue weighted by molar-refractivity contribution is 5.20. The molecule has 1 N–H and O–H groups in total. The average Bonchev–Trinajstić information content (AvgIpc) is 2.83. The van der Waals surface area contributed by atoms with E-state index in [0.717, 1.165) is 5.56 Å². The predicted octanol–water partition coefficient (Wildman–Crippen LogP) is 5.30. The molecule has 2 atom stereocenters. The quantitative estimate of drug-likeness (QED) is 0.286. The lowest BCUT2D eigenvalue weighted by Crippen LogP contribution is -2.48. The van der Waals surface area contributed by atoms with Gasteiger partial charge in [-0.3, -0.25) is 9.91 Å². The van der Waals surface area contributed by atoms with Crippen LogP contribution in [0, 0.1) is 10.8 Å². The van der Waals surface area contributed by atoms with Gasteiger partial charge in [0.15, 0.2) is 0 Å². The SMILES string of the molecule is CC(C)CN(C[C@H](O)[C@H](Cc1ccccc1)N(Cc1ccccc1)Cc1ccccc1)N=O. The molecule has 0 spiro atoms. The van der Waals surface area contributed by atoms with Crippen LogP contribution in [0.5, 0.6) is 0 Å². The fraction of sp³-hybridized carbons (Fsp3) is 0.357. The van der Waals surface area contributed by atoms with Crippen molar-refractivity contribution in [3.05, 3.63) is 113 Å². The molecule has 33 heavy (non-hydrogen) atoms. The topological polar surface area (TPSA) is 56.1 Å². The molecule has 0 bridgehead atoms. The van der Waals surface area contributed by atoms with E-state index in [1.54, 1.807) is 0 Å². The number of rotatable bonds is 13. The van der Waals surface area contributed by atoms with Crippen molar-refractivity contribution in [1.29, 1.82) is 0 Å². The van der Waals surface area contributed by atoms with Crippen LogP contribution in [0.4, 0.5) is 0 Å². The van der Waals surface area contributed by atoms with E-state index in [-0.39, 0.29) is 18.5 Å². The molecule has 3 aromatic rings. The molecule has 0 aliphatic carbocycles. The van der Waals surface area contributed by atoms with Crippen molar-refractivity contribution in [1.82, 2.24) is 9.91 Å². The van der Waals surface area contributed by atoms with Crippen LogP contribution in [0.15, 0.2) is 96.3 Å². The summed E-state index contributed by atoms with van der Waals surface area (Å²) in [5.74, 6) is 0.284. The minimum absolute atomic E-state index is 0.191. The van der Waals surface area contributed by atoms with Crippen molar-refractivity contribution in [3.8, 4) is 0 Å². The van der Waals surface area contributed by atoms with Crippen molar-refractivity contribution in [3.63, 3.8) is 0 Å². The van der Waals surface area contributed by atoms with Crippen molar-refractivity contribution in [2.24, 2.45) is 11.2 Å². The van der Waals surface area contributed by atoms with E-state index in [4.69, 9.17) is 0 Å². The fourth-order valence-electron chi connectivity index (χ4n) is 4.19. The highest BCUT2D eigenvalue weighted by atomic mass is 16.3. The third kappa shape index (κ3) is 8.12. The van der Waals surface area contributed by atoms with Crippen LogP contribution in [-0.2, 0) is 19.5 Å². The van der Waals surface area contributed by atoms with Crippen molar-refractivity contribution in [2.75, 3.05) is 13.1 Å². The first-order valence-corrected chi connectivity index (χ1v) is 11.7. The minimum atomic E-state index is -0.742. The van der Waals surface area contributed by atoms with E-state index < -0.39 is 6.10 Å². The summed E-state index contributed by atoms with van der Waals surface area (Å²) in [6.07, 6.45) is -0.0650. The van der Waals surface area contributed by atoms with Crippen molar-refractivity contribution >= 4 is 0 Å². The smallest absolute Gasteiger partial charge is 0.0891 e. The molecule has 0 radical (unpaired) electrons. The summed E-state index contributed by atoms with van der Waals surface area (Å²) >= 11 is 0. The first-order valence-electron chi connectivity index (χ1n) is 11.7. The maximum absolute atomic E-state index is 11.5. The van der Waals surface area contributed by atoms with Crippen LogP contribution in [0.1, 0.15) is 30.5 Å². The minimum Gasteiger partial charge on any atom is -0.390 e. The van der Waals surface area contributed by atoms with Crippen molar-refractivity contribution in [2.45, 2.75) is 45.5 Å². The Morgan fingerprint density at radius 2 is 1.18 bits per heavy atom. The zero-order valence-electron chi connectivity index (χ0n) is 19.6. The summed E-state index contributed by atoms with van der Waals surface area (Å²) in [5, 5.41) is 16.1. The van der Waals surface area contributed by atoms with Crippen molar-refractivity contribution < 1.29 is 5.11 Å². The Morgan fingerprint density at radius 1 is 0.727 bits per heavy atom. The Morgan fingerprint density at radius 3 is 1.61 bits per heavy atom. The Kier molecular flexibility index (Phi) is 9.60. The van der Waals surface area contributed by atoms with E-state index in [0.29, 0.717) is 26.1 Å². The third-order valence-electron chi connectivity index (χ3n) is 5.75. The normalized spacial score (nSPS) is 13.1. The molecule has 0 fully saturated rings. The van der Waals surface area contributed by atoms with E-state index in [9.17, 15) is 10.0 Å². The molecule has 0 aliphatic heterocycles. The summed E-state index contributed by atoms with van der Waals surface area (Å²) in [6, 6.07) is 30.7. The number of hydrogen-bond acceptors (Lipinski definition) is 4. The molecule has 0 heterocycles. The highest BCUT2D eigenvalue weighted by Crippen LogP contribution is 2.20. The second kappa shape index (κ2) is 12.9. The van der Waals surface area contributed by atoms with Gasteiger partial charge in [0.05, 0.1) is 17.9 Å². The van der Waals surface area contributed by atoms with Crippen LogP contribution in [0.3, 0.4) is 0 Å². The van der Waals surface area contributed by atoms with Gasteiger partial charge >= 0.3 is 0 Å². The number of benzene rings is 3. The maximum atomic E-state index is 11.5. The number of nitrogens with zero attached hydrogens (tertiary/aromatic N) is 3. The number of aliphatic hydroxyl groups excluding tert-OH is 1. The van der Waals surface area contributed by atoms with Crippen LogP contribution in [0.25, 0.3) is 0 Å². The van der Waals surface area contributed by atoms with Crippen LogP contribution in [-0.4, -0.2) is 40.3 Å². The number of nitroso groups, excluding NO2 is 1. The Labute approximate surface area is 197 Å². The van der Waals surface area contributed by atoms with Gasteiger partial charge in [-0.15, -0.1) is 4.91 Å². The zero-order valence-corrected chi connectivity index (χ0v) is 19.6. The van der Waals surface area contributed by atoms with E-state index >= 15 is 0 Å². The Hall–Kier alpha value is -3.02. The highest BCUT2D eigenvalue weighted by Gasteiger charge is 2.29. The van der Waals surface area contributed by atoms with E-state index in [2.05, 4.69) is 46.6 Å². The molecule has 0 aliphatic rings. The third-order valence-corrected chi connectivity index (χ3v) is 5.75. The molecule has 5 heteroatoms. The first kappa shape index (κ1) is 24.6. The zero-order chi connectivity index (χ0) is 23.5. The lowest BCUT2D eigenvalue weighted by atomic mass is 9.97. The molecule has 174 valence electrons. The first-order chi connectivity index (χ1) is 16.0. The summed E-state index contributed by atoms with van der Waals surface area (Å²) in [4.78, 5) is 13.8. The molecule has 0 aromatic heterocycles. The molecule has 0 saturated heterocycles. The molecular weight excluding hydrogens is 410 g/mol. The summed E-state index contributed by atoms with van der Waals surface area (Å²) in [5.41, 5.74) is 3.53. The van der Waals surface area contributed by atoms with Gasteiger partial charge in [0, 0.05) is 25.7 Å². The van der Waals surface area contributed by atoms with Crippen LogP contribution in [0.2, 0.25) is 0 Å². The lowest BCUT2D eigenvalue weighted by Gasteiger charge is -2.36. The Balaban J connectivity index is 1.91. The molecule has 0 saturated carbocycles. The molecular formula is C28H35N3O2. The summed E-state index contributed by atoms with van der Waals surface area (Å²) < 4.78 is 0. The van der Waals surface area contributed by atoms with Gasteiger partial charge in [0.1, 0.15) is 0 Å². The van der Waals surface area contributed by atoms with Gasteiger partial charge in [-0.25, -0.2) is 0 Å². The molecule has 3 aromatic carbocycles. The molecule has 0 unspecified atom stereocenters. The van der Waals surface area contributed by atoms with Gasteiger partial charge in [-0.05, 0) is 29.0 Å². The van der Waals surface area contributed by atoms with E-state index in [1.165, 1.54) is 16.1 Å². The molecule has 3 rings (SSSR count). The van der Waals surface area contributed by atoms with Gasteiger partial charge < -0.3 is 5.11 Å². The van der Waals surface area contributed by atoms with Gasteiger partial charge in [0.2, 0.25) is 0 Å². The monoisotopic (exact) mass is 445 g/mol. The largest absolute Gasteiger partial charge is 0.390 e. The molecule has 0 amide bonds. The van der Waals surface area contributed by atoms with Gasteiger partial charge in [-0.1, -0.05) is 105 Å². The van der Waals surface area contributed by atoms with E-state index in [1.807, 2.05) is 68.4 Å². The summed E-state index contributed by atoms with van der Waals surface area (Å²) in [6.45, 7) is 6.22. The van der Waals surface area contributed by atoms with Gasteiger partial charge in [0.25, 0.3) is 0 Å². The molecule has 5 nitrogen and oxygen atoms in total. The number of aliphatic hydroxyl groups is 1. The summed E-state index contributed by atoms with van der Waals surface area (Å²) in [7, 11) is 0. The van der Waals surface area contributed by atoms with Crippen LogP contribution >= 0.6 is 0 Å². The lowest BCUT2D eigenvalue weighted by molar-refractivity contribution is 0.0135. The van der Waals surface area contributed by atoms with Gasteiger partial charge in [-0.2, -0.15) is 0 Å². The second-order valence-electron chi connectivity index (χ2n) is 9.05. The Bertz CT molecular complexity index is 894. The standard InChI is InChI=1S/C28H35N3O2/c1-23(2)19-31(29-33)22-28(32)27(18-24-12-6-3-7-13-24)30(20-25-14-8-4-9-15-25)21-26-16-10-5-11-17-26/h3-17,23,27-28,32H,18-22H2,1-2H3/t27-,28-/m0/s1. The second-order valence-corrected chi connectivity index (χ2v) is 9.05. The average molecular weight is 446 g/mol. The fourth-order valence-corrected chi connectivity index (χ4v) is 4.19. The van der Waals surface area contributed by atoms with Crippen LogP contribution < -0.4 is 0 Å². The predicted molar refractivity (Wildman–Crippen MR) is 134 cm³/mol. The number of hydrogen-bond donors (Lipinski definition) is 1. The maximum Gasteiger partial charge on any atom is 0.0891 e.